The topological polar surface area (TPSA) is 83.6 Å². The molecule has 0 spiro atoms. The molecule has 0 aliphatic carbocycles. The maximum absolute atomic E-state index is 12.7. The van der Waals surface area contributed by atoms with E-state index < -0.39 is 17.9 Å². The number of carbonyl (C=O) groups is 2. The number of amides is 1. The molecule has 6 nitrogen and oxygen atoms in total. The Balaban J connectivity index is 2.56. The van der Waals surface area contributed by atoms with E-state index in [4.69, 9.17) is 32.8 Å². The predicted octanol–water partition coefficient (Wildman–Crippen LogP) is 3.50. The van der Waals surface area contributed by atoms with Gasteiger partial charge < -0.3 is 14.5 Å². The zero-order valence-electron chi connectivity index (χ0n) is 12.6. The summed E-state index contributed by atoms with van der Waals surface area (Å²) in [7, 11) is 1.39. The molecule has 0 aliphatic heterocycles. The number of rotatable bonds is 4. The number of aliphatic carboxylic acids is 1. The second-order valence-electron chi connectivity index (χ2n) is 4.99. The predicted molar refractivity (Wildman–Crippen MR) is 85.9 cm³/mol. The fraction of sp³-hybridized carbons (Fsp3) is 0.267. The molecule has 8 heteroatoms. The molecular weight excluding hydrogens is 343 g/mol. The van der Waals surface area contributed by atoms with Gasteiger partial charge in [-0.15, -0.1) is 0 Å². The molecule has 23 heavy (non-hydrogen) atoms. The standard InChI is InChI=1S/C15H14Cl2N2O4/c1-7(15(21)22)19(3)14(20)11-8(2)23-18-13(11)12-9(16)5-4-6-10(12)17/h4-7H,1-3H3,(H,21,22). The summed E-state index contributed by atoms with van der Waals surface area (Å²) in [5, 5.41) is 13.6. The Kier molecular flexibility index (Phi) is 4.97. The molecule has 1 atom stereocenters. The van der Waals surface area contributed by atoms with Crippen LogP contribution in [0.25, 0.3) is 11.3 Å². The molecule has 1 N–H and O–H groups in total. The quantitative estimate of drug-likeness (QED) is 0.905. The number of nitrogens with zero attached hydrogens (tertiary/aromatic N) is 2. The maximum atomic E-state index is 12.7. The van der Waals surface area contributed by atoms with Crippen LogP contribution < -0.4 is 0 Å². The maximum Gasteiger partial charge on any atom is 0.326 e. The van der Waals surface area contributed by atoms with Crippen LogP contribution in [0.15, 0.2) is 22.7 Å². The van der Waals surface area contributed by atoms with Crippen molar-refractivity contribution in [2.45, 2.75) is 19.9 Å². The Morgan fingerprint density at radius 1 is 1.30 bits per heavy atom. The van der Waals surface area contributed by atoms with Crippen LogP contribution in [0.4, 0.5) is 0 Å². The number of likely N-dealkylation sites (N-methyl/N-ethyl adjacent to an activating group) is 1. The summed E-state index contributed by atoms with van der Waals surface area (Å²) in [4.78, 5) is 24.8. The average molecular weight is 357 g/mol. The van der Waals surface area contributed by atoms with Crippen LogP contribution in [0, 0.1) is 6.92 Å². The van der Waals surface area contributed by atoms with Crippen molar-refractivity contribution in [1.29, 1.82) is 0 Å². The van der Waals surface area contributed by atoms with Gasteiger partial charge in [-0.3, -0.25) is 4.79 Å². The summed E-state index contributed by atoms with van der Waals surface area (Å²) in [6.07, 6.45) is 0. The molecule has 0 saturated carbocycles. The smallest absolute Gasteiger partial charge is 0.326 e. The fourth-order valence-corrected chi connectivity index (χ4v) is 2.61. The third-order valence-corrected chi connectivity index (χ3v) is 4.16. The highest BCUT2D eigenvalue weighted by Gasteiger charge is 2.30. The highest BCUT2D eigenvalue weighted by atomic mass is 35.5. The highest BCUT2D eigenvalue weighted by molar-refractivity contribution is 6.39. The summed E-state index contributed by atoms with van der Waals surface area (Å²) in [6, 6.07) is 3.89. The van der Waals surface area contributed by atoms with Gasteiger partial charge in [-0.25, -0.2) is 4.79 Å². The van der Waals surface area contributed by atoms with Crippen LogP contribution >= 0.6 is 23.2 Å². The van der Waals surface area contributed by atoms with E-state index in [2.05, 4.69) is 5.16 Å². The molecule has 122 valence electrons. The Hall–Kier alpha value is -2.05. The molecule has 1 amide bonds. The average Bonchev–Trinajstić information content (AvgIpc) is 2.86. The van der Waals surface area contributed by atoms with E-state index in [1.54, 1.807) is 25.1 Å². The number of benzene rings is 1. The lowest BCUT2D eigenvalue weighted by molar-refractivity contribution is -0.141. The second kappa shape index (κ2) is 6.60. The van der Waals surface area contributed by atoms with Gasteiger partial charge in [-0.1, -0.05) is 34.4 Å². The van der Waals surface area contributed by atoms with Gasteiger partial charge in [0.25, 0.3) is 5.91 Å². The molecule has 2 rings (SSSR count). The number of carboxylic acid groups (broad SMARTS) is 1. The number of aryl methyl sites for hydroxylation is 1. The third-order valence-electron chi connectivity index (χ3n) is 3.53. The van der Waals surface area contributed by atoms with Crippen molar-refractivity contribution in [2.24, 2.45) is 0 Å². The van der Waals surface area contributed by atoms with Crippen molar-refractivity contribution in [3.8, 4) is 11.3 Å². The van der Waals surface area contributed by atoms with Gasteiger partial charge in [-0.05, 0) is 26.0 Å². The van der Waals surface area contributed by atoms with E-state index in [0.29, 0.717) is 15.6 Å². The molecule has 0 fully saturated rings. The first kappa shape index (κ1) is 17.3. The Morgan fingerprint density at radius 2 is 1.87 bits per heavy atom. The first-order valence-corrected chi connectivity index (χ1v) is 7.42. The van der Waals surface area contributed by atoms with Gasteiger partial charge in [0, 0.05) is 12.6 Å². The molecule has 1 heterocycles. The summed E-state index contributed by atoms with van der Waals surface area (Å²) in [6.45, 7) is 2.97. The van der Waals surface area contributed by atoms with Crippen LogP contribution in [0.2, 0.25) is 10.0 Å². The molecule has 0 bridgehead atoms. The molecule has 1 unspecified atom stereocenters. The normalized spacial score (nSPS) is 12.0. The SMILES string of the molecule is Cc1onc(-c2c(Cl)cccc2Cl)c1C(=O)N(C)C(C)C(=O)O. The lowest BCUT2D eigenvalue weighted by atomic mass is 10.0. The number of aromatic nitrogens is 1. The number of carboxylic acids is 1. The largest absolute Gasteiger partial charge is 0.480 e. The minimum atomic E-state index is -1.12. The van der Waals surface area contributed by atoms with Crippen LogP contribution in [-0.2, 0) is 4.79 Å². The van der Waals surface area contributed by atoms with Crippen molar-refractivity contribution >= 4 is 35.1 Å². The molecule has 0 radical (unpaired) electrons. The van der Waals surface area contributed by atoms with E-state index in [-0.39, 0.29) is 17.0 Å². The van der Waals surface area contributed by atoms with Crippen LogP contribution in [0.3, 0.4) is 0 Å². The summed E-state index contributed by atoms with van der Waals surface area (Å²) in [5.74, 6) is -1.40. The van der Waals surface area contributed by atoms with Gasteiger partial charge >= 0.3 is 5.97 Å². The van der Waals surface area contributed by atoms with Crippen molar-refractivity contribution in [2.75, 3.05) is 7.05 Å². The zero-order valence-corrected chi connectivity index (χ0v) is 14.1. The van der Waals surface area contributed by atoms with Gasteiger partial charge in [0.1, 0.15) is 23.1 Å². The minimum absolute atomic E-state index is 0.135. The Labute approximate surface area is 142 Å². The molecule has 1 aromatic heterocycles. The van der Waals surface area contributed by atoms with Crippen molar-refractivity contribution in [3.05, 3.63) is 39.6 Å². The third kappa shape index (κ3) is 3.18. The van der Waals surface area contributed by atoms with Gasteiger partial charge in [0.05, 0.1) is 10.0 Å². The fourth-order valence-electron chi connectivity index (χ4n) is 2.04. The Bertz CT molecular complexity index is 753. The van der Waals surface area contributed by atoms with E-state index in [1.807, 2.05) is 0 Å². The van der Waals surface area contributed by atoms with Crippen LogP contribution in [0.5, 0.6) is 0 Å². The van der Waals surface area contributed by atoms with E-state index in [1.165, 1.54) is 14.0 Å². The molecule has 0 saturated heterocycles. The van der Waals surface area contributed by atoms with E-state index in [9.17, 15) is 9.59 Å². The van der Waals surface area contributed by atoms with Gasteiger partial charge in [0.15, 0.2) is 0 Å². The van der Waals surface area contributed by atoms with E-state index in [0.717, 1.165) is 4.90 Å². The van der Waals surface area contributed by atoms with Crippen LogP contribution in [0.1, 0.15) is 23.0 Å². The van der Waals surface area contributed by atoms with Gasteiger partial charge in [0.2, 0.25) is 0 Å². The molecular formula is C15H14Cl2N2O4. The molecule has 1 aromatic carbocycles. The molecule has 2 aromatic rings. The van der Waals surface area contributed by atoms with Crippen molar-refractivity contribution in [3.63, 3.8) is 0 Å². The number of carbonyl (C=O) groups excluding carboxylic acids is 1. The van der Waals surface area contributed by atoms with Crippen LogP contribution in [-0.4, -0.2) is 40.1 Å². The monoisotopic (exact) mass is 356 g/mol. The van der Waals surface area contributed by atoms with Crippen molar-refractivity contribution in [1.82, 2.24) is 10.1 Å². The first-order chi connectivity index (χ1) is 10.8. The molecule has 0 aliphatic rings. The summed E-state index contributed by atoms with van der Waals surface area (Å²) in [5.41, 5.74) is 0.690. The minimum Gasteiger partial charge on any atom is -0.480 e. The highest BCUT2D eigenvalue weighted by Crippen LogP contribution is 2.37. The number of hydrogen-bond donors (Lipinski definition) is 1. The Morgan fingerprint density at radius 3 is 2.39 bits per heavy atom. The van der Waals surface area contributed by atoms with Crippen molar-refractivity contribution < 1.29 is 19.2 Å². The second-order valence-corrected chi connectivity index (χ2v) is 5.80. The number of halogens is 2. The van der Waals surface area contributed by atoms with E-state index >= 15 is 0 Å². The zero-order chi connectivity index (χ0) is 17.3. The lowest BCUT2D eigenvalue weighted by Crippen LogP contribution is -2.40. The number of hydrogen-bond acceptors (Lipinski definition) is 4. The van der Waals surface area contributed by atoms with Gasteiger partial charge in [-0.2, -0.15) is 0 Å². The summed E-state index contributed by atoms with van der Waals surface area (Å²) >= 11 is 12.3. The lowest BCUT2D eigenvalue weighted by Gasteiger charge is -2.21. The first-order valence-electron chi connectivity index (χ1n) is 6.66. The summed E-state index contributed by atoms with van der Waals surface area (Å²) < 4.78 is 5.11.